The average Bonchev–Trinajstić information content (AvgIpc) is 3.05. The van der Waals surface area contributed by atoms with Gasteiger partial charge in [-0.25, -0.2) is 0 Å². The highest BCUT2D eigenvalue weighted by molar-refractivity contribution is 5.81. The molecule has 1 atom stereocenters. The maximum Gasteiger partial charge on any atom is 0.239 e. The zero-order chi connectivity index (χ0) is 14.9. The number of rotatable bonds is 8. The van der Waals surface area contributed by atoms with Crippen molar-refractivity contribution in [2.45, 2.75) is 44.7 Å². The Labute approximate surface area is 127 Å². The molecule has 0 aromatic heterocycles. The molecule has 1 aliphatic heterocycles. The van der Waals surface area contributed by atoms with Gasteiger partial charge in [0.1, 0.15) is 0 Å². The summed E-state index contributed by atoms with van der Waals surface area (Å²) in [6, 6.07) is 10.1. The number of benzene rings is 1. The SMILES string of the molecule is NC(CCCCNCc1ccccc1)C(=O)N1CCCC1. The number of nitrogens with two attached hydrogens (primary N) is 1. The van der Waals surface area contributed by atoms with Crippen molar-refractivity contribution < 1.29 is 4.79 Å². The Balaban J connectivity index is 1.52. The fraction of sp³-hybridized carbons (Fsp3) is 0.588. The van der Waals surface area contributed by atoms with E-state index in [4.69, 9.17) is 5.73 Å². The monoisotopic (exact) mass is 289 g/mol. The second-order valence-electron chi connectivity index (χ2n) is 5.80. The van der Waals surface area contributed by atoms with Gasteiger partial charge in [0.2, 0.25) is 5.91 Å². The highest BCUT2D eigenvalue weighted by Crippen LogP contribution is 2.10. The van der Waals surface area contributed by atoms with Crippen molar-refractivity contribution in [2.75, 3.05) is 19.6 Å². The average molecular weight is 289 g/mol. The van der Waals surface area contributed by atoms with Crippen LogP contribution < -0.4 is 11.1 Å². The minimum Gasteiger partial charge on any atom is -0.341 e. The fourth-order valence-electron chi connectivity index (χ4n) is 2.74. The lowest BCUT2D eigenvalue weighted by Crippen LogP contribution is -2.42. The molecule has 4 nitrogen and oxygen atoms in total. The van der Waals surface area contributed by atoms with Gasteiger partial charge in [-0.3, -0.25) is 4.79 Å². The molecule has 1 saturated heterocycles. The Morgan fingerprint density at radius 3 is 2.62 bits per heavy atom. The maximum atomic E-state index is 12.0. The first-order chi connectivity index (χ1) is 10.3. The maximum absolute atomic E-state index is 12.0. The van der Waals surface area contributed by atoms with Crippen LogP contribution in [-0.2, 0) is 11.3 Å². The molecule has 1 unspecified atom stereocenters. The molecule has 1 fully saturated rings. The van der Waals surface area contributed by atoms with Gasteiger partial charge in [0.15, 0.2) is 0 Å². The van der Waals surface area contributed by atoms with E-state index < -0.39 is 0 Å². The largest absolute Gasteiger partial charge is 0.341 e. The Kier molecular flexibility index (Phi) is 6.70. The summed E-state index contributed by atoms with van der Waals surface area (Å²) in [7, 11) is 0. The molecule has 21 heavy (non-hydrogen) atoms. The van der Waals surface area contributed by atoms with Crippen molar-refractivity contribution in [2.24, 2.45) is 5.73 Å². The lowest BCUT2D eigenvalue weighted by molar-refractivity contribution is -0.131. The Bertz CT molecular complexity index is 415. The van der Waals surface area contributed by atoms with E-state index in [0.29, 0.717) is 0 Å². The molecule has 2 rings (SSSR count). The van der Waals surface area contributed by atoms with E-state index in [1.807, 2.05) is 11.0 Å². The van der Waals surface area contributed by atoms with E-state index in [1.54, 1.807) is 0 Å². The topological polar surface area (TPSA) is 58.4 Å². The van der Waals surface area contributed by atoms with Crippen LogP contribution in [0.25, 0.3) is 0 Å². The molecule has 1 aromatic carbocycles. The molecule has 3 N–H and O–H groups in total. The highest BCUT2D eigenvalue weighted by atomic mass is 16.2. The summed E-state index contributed by atoms with van der Waals surface area (Å²) in [4.78, 5) is 14.0. The van der Waals surface area contributed by atoms with Gasteiger partial charge in [-0.05, 0) is 37.8 Å². The second-order valence-corrected chi connectivity index (χ2v) is 5.80. The minimum absolute atomic E-state index is 0.143. The Morgan fingerprint density at radius 1 is 1.19 bits per heavy atom. The predicted octanol–water partition coefficient (Wildman–Crippen LogP) is 1.90. The number of nitrogens with zero attached hydrogens (tertiary/aromatic N) is 1. The smallest absolute Gasteiger partial charge is 0.239 e. The van der Waals surface area contributed by atoms with Crippen LogP contribution in [-0.4, -0.2) is 36.5 Å². The number of carbonyl (C=O) groups excluding carboxylic acids is 1. The Morgan fingerprint density at radius 2 is 1.90 bits per heavy atom. The minimum atomic E-state index is -0.308. The quantitative estimate of drug-likeness (QED) is 0.719. The van der Waals surface area contributed by atoms with Crippen molar-refractivity contribution in [1.29, 1.82) is 0 Å². The second kappa shape index (κ2) is 8.80. The molecule has 0 radical (unpaired) electrons. The van der Waals surface area contributed by atoms with Crippen LogP contribution in [0, 0.1) is 0 Å². The number of carbonyl (C=O) groups is 1. The predicted molar refractivity (Wildman–Crippen MR) is 85.8 cm³/mol. The van der Waals surface area contributed by atoms with Crippen molar-refractivity contribution in [3.63, 3.8) is 0 Å². The van der Waals surface area contributed by atoms with Crippen LogP contribution in [0.2, 0.25) is 0 Å². The molecule has 116 valence electrons. The molecule has 0 saturated carbocycles. The van der Waals surface area contributed by atoms with E-state index in [1.165, 1.54) is 5.56 Å². The Hall–Kier alpha value is -1.39. The van der Waals surface area contributed by atoms with Gasteiger partial charge in [-0.2, -0.15) is 0 Å². The van der Waals surface area contributed by atoms with Gasteiger partial charge >= 0.3 is 0 Å². The van der Waals surface area contributed by atoms with Crippen molar-refractivity contribution in [1.82, 2.24) is 10.2 Å². The first kappa shape index (κ1) is 16.0. The van der Waals surface area contributed by atoms with E-state index in [-0.39, 0.29) is 11.9 Å². The van der Waals surface area contributed by atoms with Crippen LogP contribution in [0.3, 0.4) is 0 Å². The first-order valence-corrected chi connectivity index (χ1v) is 8.06. The zero-order valence-electron chi connectivity index (χ0n) is 12.8. The molecule has 0 bridgehead atoms. The van der Waals surface area contributed by atoms with Gasteiger partial charge in [-0.1, -0.05) is 36.8 Å². The number of likely N-dealkylation sites (tertiary alicyclic amines) is 1. The molecule has 1 aliphatic rings. The van der Waals surface area contributed by atoms with Crippen molar-refractivity contribution in [3.8, 4) is 0 Å². The number of nitrogens with one attached hydrogen (secondary N) is 1. The summed E-state index contributed by atoms with van der Waals surface area (Å²) < 4.78 is 0. The molecular weight excluding hydrogens is 262 g/mol. The highest BCUT2D eigenvalue weighted by Gasteiger charge is 2.22. The van der Waals surface area contributed by atoms with Crippen LogP contribution in [0.5, 0.6) is 0 Å². The number of hydrogen-bond donors (Lipinski definition) is 2. The number of amides is 1. The molecule has 1 aromatic rings. The van der Waals surface area contributed by atoms with E-state index >= 15 is 0 Å². The summed E-state index contributed by atoms with van der Waals surface area (Å²) in [6.07, 6.45) is 5.11. The van der Waals surface area contributed by atoms with Crippen LogP contribution >= 0.6 is 0 Å². The van der Waals surface area contributed by atoms with E-state index in [0.717, 1.165) is 58.3 Å². The summed E-state index contributed by atoms with van der Waals surface area (Å²) in [5, 5.41) is 3.42. The summed E-state index contributed by atoms with van der Waals surface area (Å²) in [5.74, 6) is 0.143. The first-order valence-electron chi connectivity index (χ1n) is 8.06. The summed E-state index contributed by atoms with van der Waals surface area (Å²) in [6.45, 7) is 3.66. The van der Waals surface area contributed by atoms with Gasteiger partial charge in [-0.15, -0.1) is 0 Å². The molecule has 0 aliphatic carbocycles. The molecule has 1 heterocycles. The standard InChI is InChI=1S/C17H27N3O/c18-16(17(21)20-12-6-7-13-20)10-4-5-11-19-14-15-8-2-1-3-9-15/h1-3,8-9,16,19H,4-7,10-14,18H2. The van der Waals surface area contributed by atoms with Crippen LogP contribution in [0.4, 0.5) is 0 Å². The van der Waals surface area contributed by atoms with Crippen molar-refractivity contribution >= 4 is 5.91 Å². The summed E-state index contributed by atoms with van der Waals surface area (Å²) >= 11 is 0. The lowest BCUT2D eigenvalue weighted by Gasteiger charge is -2.20. The molecule has 0 spiro atoms. The van der Waals surface area contributed by atoms with Crippen molar-refractivity contribution in [3.05, 3.63) is 35.9 Å². The fourth-order valence-corrected chi connectivity index (χ4v) is 2.74. The number of hydrogen-bond acceptors (Lipinski definition) is 3. The molecular formula is C17H27N3O. The number of unbranched alkanes of at least 4 members (excludes halogenated alkanes) is 1. The third-order valence-electron chi connectivity index (χ3n) is 4.03. The zero-order valence-corrected chi connectivity index (χ0v) is 12.8. The van der Waals surface area contributed by atoms with Gasteiger partial charge in [0.05, 0.1) is 6.04 Å². The van der Waals surface area contributed by atoms with Crippen LogP contribution in [0.1, 0.15) is 37.7 Å². The lowest BCUT2D eigenvalue weighted by atomic mass is 10.1. The molecule has 4 heteroatoms. The third kappa shape index (κ3) is 5.48. The normalized spacial score (nSPS) is 16.1. The third-order valence-corrected chi connectivity index (χ3v) is 4.03. The van der Waals surface area contributed by atoms with Crippen LogP contribution in [0.15, 0.2) is 30.3 Å². The molecule has 1 amide bonds. The van der Waals surface area contributed by atoms with E-state index in [2.05, 4.69) is 29.6 Å². The summed E-state index contributed by atoms with van der Waals surface area (Å²) in [5.41, 5.74) is 7.30. The van der Waals surface area contributed by atoms with Gasteiger partial charge in [0, 0.05) is 19.6 Å². The van der Waals surface area contributed by atoms with E-state index in [9.17, 15) is 4.79 Å². The van der Waals surface area contributed by atoms with Gasteiger partial charge in [0.25, 0.3) is 0 Å². The van der Waals surface area contributed by atoms with Gasteiger partial charge < -0.3 is 16.0 Å².